The molecule has 2 aliphatic heterocycles. The van der Waals surface area contributed by atoms with Crippen LogP contribution in [0.2, 0.25) is 0 Å². The number of nitrogens with zero attached hydrogens (tertiary/aromatic N) is 2. The van der Waals surface area contributed by atoms with Gasteiger partial charge in [-0.3, -0.25) is 14.2 Å². The lowest BCUT2D eigenvalue weighted by Gasteiger charge is -2.34. The first-order valence-electron chi connectivity index (χ1n) is 8.36. The largest absolute Gasteiger partial charge is 0.418 e. The molecule has 3 rings (SSSR count). The lowest BCUT2D eigenvalue weighted by atomic mass is 9.96. The quantitative estimate of drug-likeness (QED) is 0.399. The van der Waals surface area contributed by atoms with Crippen molar-refractivity contribution in [2.45, 2.75) is 30.5 Å². The van der Waals surface area contributed by atoms with Gasteiger partial charge in [0.15, 0.2) is 0 Å². The van der Waals surface area contributed by atoms with Crippen LogP contribution in [0, 0.1) is 0 Å². The van der Waals surface area contributed by atoms with E-state index in [1.807, 2.05) is 5.48 Å². The number of hydroxylamine groups is 3. The molecule has 0 spiro atoms. The van der Waals surface area contributed by atoms with Crippen LogP contribution in [0.4, 0.5) is 13.6 Å². The summed E-state index contributed by atoms with van der Waals surface area (Å²) in [6.45, 7) is -0.837. The van der Waals surface area contributed by atoms with E-state index >= 15 is 0 Å². The van der Waals surface area contributed by atoms with E-state index in [0.717, 1.165) is 5.56 Å². The second-order valence-electron chi connectivity index (χ2n) is 6.55. The SMILES string of the molecule is NC(CONC(=O)[C@@H]1CC(F)(F)[C@@H]2CN1C(=O)N2OS(=O)(=O)O)c1ccccc1. The van der Waals surface area contributed by atoms with E-state index < -0.39 is 59.4 Å². The Hall–Kier alpha value is -2.39. The Kier molecular flexibility index (Phi) is 5.73. The summed E-state index contributed by atoms with van der Waals surface area (Å²) in [5, 5.41) is -0.144. The molecule has 0 radical (unpaired) electrons. The summed E-state index contributed by atoms with van der Waals surface area (Å²) in [6, 6.07) is 3.27. The smallest absolute Gasteiger partial charge is 0.322 e. The minimum absolute atomic E-state index is 0.144. The standard InChI is InChI=1S/C15H18F2N4O7S/c16-15(17)6-11(20-7-12(15)21(14(20)23)28-29(24,25)26)13(22)19-27-8-10(18)9-4-2-1-3-5-9/h1-5,10-12H,6-8,18H2,(H,19,22)(H,24,25,26)/t10?,11-,12-/m0/s1. The van der Waals surface area contributed by atoms with Gasteiger partial charge in [-0.15, -0.1) is 4.28 Å². The van der Waals surface area contributed by atoms with Crippen molar-refractivity contribution in [1.29, 1.82) is 0 Å². The number of piperidine rings is 1. The van der Waals surface area contributed by atoms with E-state index in [1.54, 1.807) is 30.3 Å². The van der Waals surface area contributed by atoms with Crippen molar-refractivity contribution >= 4 is 22.3 Å². The summed E-state index contributed by atoms with van der Waals surface area (Å²) < 4.78 is 63.1. The molecule has 14 heteroatoms. The van der Waals surface area contributed by atoms with E-state index in [0.29, 0.717) is 4.90 Å². The first-order chi connectivity index (χ1) is 13.5. The topological polar surface area (TPSA) is 151 Å². The molecule has 1 aromatic carbocycles. The number of hydrogen-bond donors (Lipinski definition) is 3. The first kappa shape index (κ1) is 21.3. The molecule has 4 N–H and O–H groups in total. The number of hydrogen-bond acceptors (Lipinski definition) is 7. The Labute approximate surface area is 164 Å². The van der Waals surface area contributed by atoms with Gasteiger partial charge in [0.05, 0.1) is 19.2 Å². The van der Waals surface area contributed by atoms with Crippen LogP contribution in [0.15, 0.2) is 30.3 Å². The zero-order chi connectivity index (χ0) is 21.4. The lowest BCUT2D eigenvalue weighted by Crippen LogP contribution is -2.56. The molecule has 0 aliphatic carbocycles. The molecule has 2 heterocycles. The van der Waals surface area contributed by atoms with Crippen molar-refractivity contribution in [3.8, 4) is 0 Å². The van der Waals surface area contributed by atoms with Gasteiger partial charge in [-0.25, -0.2) is 19.1 Å². The summed E-state index contributed by atoms with van der Waals surface area (Å²) in [5.41, 5.74) is 8.61. The molecule has 1 aromatic rings. The van der Waals surface area contributed by atoms with Crippen molar-refractivity contribution in [3.63, 3.8) is 0 Å². The number of nitrogens with one attached hydrogen (secondary N) is 1. The van der Waals surface area contributed by atoms with Crippen LogP contribution in [-0.4, -0.2) is 66.0 Å². The molecule has 0 aromatic heterocycles. The molecule has 3 atom stereocenters. The highest BCUT2D eigenvalue weighted by Crippen LogP contribution is 2.41. The van der Waals surface area contributed by atoms with Crippen molar-refractivity contribution in [2.75, 3.05) is 13.2 Å². The molecule has 3 amide bonds. The van der Waals surface area contributed by atoms with Gasteiger partial charge in [0.1, 0.15) is 12.1 Å². The number of halogens is 2. The third-order valence-electron chi connectivity index (χ3n) is 4.56. The normalized spacial score (nSPS) is 24.5. The Balaban J connectivity index is 1.63. The summed E-state index contributed by atoms with van der Waals surface area (Å²) in [7, 11) is -5.21. The van der Waals surface area contributed by atoms with E-state index in [4.69, 9.17) is 15.1 Å². The van der Waals surface area contributed by atoms with E-state index in [2.05, 4.69) is 4.28 Å². The number of alkyl halides is 2. The second-order valence-corrected chi connectivity index (χ2v) is 7.56. The maximum atomic E-state index is 14.4. The minimum atomic E-state index is -5.21. The van der Waals surface area contributed by atoms with E-state index in [-0.39, 0.29) is 11.7 Å². The maximum absolute atomic E-state index is 14.4. The van der Waals surface area contributed by atoms with Crippen LogP contribution in [0.5, 0.6) is 0 Å². The van der Waals surface area contributed by atoms with Crippen molar-refractivity contribution in [2.24, 2.45) is 5.73 Å². The van der Waals surface area contributed by atoms with Gasteiger partial charge < -0.3 is 10.6 Å². The van der Waals surface area contributed by atoms with E-state index in [9.17, 15) is 26.8 Å². The molecule has 2 bridgehead atoms. The van der Waals surface area contributed by atoms with Crippen LogP contribution in [0.25, 0.3) is 0 Å². The molecule has 160 valence electrons. The Morgan fingerprint density at radius 2 is 2.03 bits per heavy atom. The highest BCUT2D eigenvalue weighted by molar-refractivity contribution is 7.80. The van der Waals surface area contributed by atoms with Gasteiger partial charge in [0.2, 0.25) is 0 Å². The van der Waals surface area contributed by atoms with Crippen LogP contribution >= 0.6 is 0 Å². The van der Waals surface area contributed by atoms with Crippen LogP contribution in [0.3, 0.4) is 0 Å². The van der Waals surface area contributed by atoms with Crippen LogP contribution in [-0.2, 0) is 24.3 Å². The number of rotatable bonds is 7. The first-order valence-corrected chi connectivity index (χ1v) is 9.73. The summed E-state index contributed by atoms with van der Waals surface area (Å²) in [4.78, 5) is 30.2. The van der Waals surface area contributed by atoms with E-state index in [1.165, 1.54) is 0 Å². The molecule has 1 unspecified atom stereocenters. The van der Waals surface area contributed by atoms with Crippen LogP contribution < -0.4 is 11.2 Å². The highest BCUT2D eigenvalue weighted by atomic mass is 32.3. The van der Waals surface area contributed by atoms with Crippen LogP contribution in [0.1, 0.15) is 18.0 Å². The zero-order valence-electron chi connectivity index (χ0n) is 14.8. The molecule has 2 saturated heterocycles. The van der Waals surface area contributed by atoms with Gasteiger partial charge in [0, 0.05) is 6.42 Å². The van der Waals surface area contributed by atoms with Gasteiger partial charge >= 0.3 is 16.4 Å². The molecule has 2 aliphatic rings. The average molecular weight is 436 g/mol. The van der Waals surface area contributed by atoms with Gasteiger partial charge in [0.25, 0.3) is 11.8 Å². The fraction of sp³-hybridized carbons (Fsp3) is 0.467. The van der Waals surface area contributed by atoms with Gasteiger partial charge in [-0.2, -0.15) is 13.5 Å². The number of carbonyl (C=O) groups excluding carboxylic acids is 2. The summed E-state index contributed by atoms with van der Waals surface area (Å²) in [6.07, 6.45) is -1.09. The number of amides is 3. The molecule has 11 nitrogen and oxygen atoms in total. The minimum Gasteiger partial charge on any atom is -0.322 e. The molecule has 2 fully saturated rings. The highest BCUT2D eigenvalue weighted by Gasteiger charge is 2.62. The number of nitrogens with two attached hydrogens (primary N) is 1. The molecule has 29 heavy (non-hydrogen) atoms. The number of fused-ring (bicyclic) bond motifs is 2. The van der Waals surface area contributed by atoms with Crippen molar-refractivity contribution < 1.29 is 40.5 Å². The zero-order valence-corrected chi connectivity index (χ0v) is 15.6. The number of urea groups is 1. The Bertz CT molecular complexity index is 886. The van der Waals surface area contributed by atoms with Gasteiger partial charge in [-0.05, 0) is 5.56 Å². The van der Waals surface area contributed by atoms with Crippen molar-refractivity contribution in [1.82, 2.24) is 15.4 Å². The lowest BCUT2D eigenvalue weighted by molar-refractivity contribution is -0.159. The van der Waals surface area contributed by atoms with Crippen molar-refractivity contribution in [3.05, 3.63) is 35.9 Å². The van der Waals surface area contributed by atoms with Gasteiger partial charge in [-0.1, -0.05) is 30.3 Å². The third-order valence-corrected chi connectivity index (χ3v) is 4.91. The third kappa shape index (κ3) is 4.62. The molecular weight excluding hydrogens is 418 g/mol. The fourth-order valence-electron chi connectivity index (χ4n) is 3.15. The molecule has 0 saturated carbocycles. The number of benzene rings is 1. The monoisotopic (exact) mass is 436 g/mol. The second kappa shape index (κ2) is 7.79. The maximum Gasteiger partial charge on any atom is 0.418 e. The Morgan fingerprint density at radius 3 is 2.66 bits per heavy atom. The summed E-state index contributed by atoms with van der Waals surface area (Å²) >= 11 is 0. The predicted molar refractivity (Wildman–Crippen MR) is 91.2 cm³/mol. The fourth-order valence-corrected chi connectivity index (χ4v) is 3.53. The average Bonchev–Trinajstić information content (AvgIpc) is 2.92. The Morgan fingerprint density at radius 1 is 1.38 bits per heavy atom. The predicted octanol–water partition coefficient (Wildman–Crippen LogP) is -0.0176. The summed E-state index contributed by atoms with van der Waals surface area (Å²) in [5.74, 6) is -4.69. The number of carbonyl (C=O) groups is 2. The molecular formula is C15H18F2N4O7S.